The molecule has 0 unspecified atom stereocenters. The number of halogens is 1. The van der Waals surface area contributed by atoms with E-state index in [2.05, 4.69) is 15.5 Å². The monoisotopic (exact) mass is 221 g/mol. The molecule has 0 atom stereocenters. The Morgan fingerprint density at radius 3 is 2.94 bits per heavy atom. The smallest absolute Gasteiger partial charge is 0.240 e. The maximum absolute atomic E-state index is 13.3. The number of benzene rings is 1. The van der Waals surface area contributed by atoms with Gasteiger partial charge in [0.1, 0.15) is 5.82 Å². The first-order valence-electron chi connectivity index (χ1n) is 4.94. The molecule has 1 aromatic heterocycles. The van der Waals surface area contributed by atoms with Crippen LogP contribution in [0.3, 0.4) is 0 Å². The van der Waals surface area contributed by atoms with Gasteiger partial charge in [0.15, 0.2) is 0 Å². The Labute approximate surface area is 92.5 Å². The van der Waals surface area contributed by atoms with Crippen molar-refractivity contribution in [3.63, 3.8) is 0 Å². The van der Waals surface area contributed by atoms with Gasteiger partial charge in [0.05, 0.1) is 6.54 Å². The first-order valence-corrected chi connectivity index (χ1v) is 4.94. The van der Waals surface area contributed by atoms with Crippen molar-refractivity contribution < 1.29 is 8.91 Å². The Hall–Kier alpha value is -1.75. The van der Waals surface area contributed by atoms with Gasteiger partial charge in [-0.2, -0.15) is 4.98 Å². The topological polar surface area (TPSA) is 51.0 Å². The highest BCUT2D eigenvalue weighted by molar-refractivity contribution is 5.54. The van der Waals surface area contributed by atoms with Crippen LogP contribution >= 0.6 is 0 Å². The van der Waals surface area contributed by atoms with Crippen molar-refractivity contribution in [3.8, 4) is 11.4 Å². The van der Waals surface area contributed by atoms with Gasteiger partial charge >= 0.3 is 0 Å². The third kappa shape index (κ3) is 2.09. The van der Waals surface area contributed by atoms with Gasteiger partial charge in [-0.1, -0.05) is 17.3 Å². The second-order valence-corrected chi connectivity index (χ2v) is 3.51. The molecule has 0 aliphatic carbocycles. The molecule has 0 saturated carbocycles. The van der Waals surface area contributed by atoms with E-state index < -0.39 is 0 Å². The summed E-state index contributed by atoms with van der Waals surface area (Å²) in [6.07, 6.45) is 0. The number of hydrogen-bond acceptors (Lipinski definition) is 4. The van der Waals surface area contributed by atoms with Crippen molar-refractivity contribution >= 4 is 0 Å². The fourth-order valence-corrected chi connectivity index (χ4v) is 1.33. The molecule has 0 spiro atoms. The zero-order valence-electron chi connectivity index (χ0n) is 9.12. The van der Waals surface area contributed by atoms with Crippen LogP contribution in [0.5, 0.6) is 0 Å². The minimum Gasteiger partial charge on any atom is -0.338 e. The van der Waals surface area contributed by atoms with Crippen molar-refractivity contribution in [2.24, 2.45) is 0 Å². The van der Waals surface area contributed by atoms with E-state index in [1.54, 1.807) is 26.1 Å². The third-order valence-electron chi connectivity index (χ3n) is 2.23. The first-order chi connectivity index (χ1) is 7.70. The molecule has 0 amide bonds. The van der Waals surface area contributed by atoms with Gasteiger partial charge < -0.3 is 9.84 Å². The van der Waals surface area contributed by atoms with Crippen molar-refractivity contribution in [1.29, 1.82) is 0 Å². The fourth-order valence-electron chi connectivity index (χ4n) is 1.33. The standard InChI is InChI=1S/C11H12FN3O/c1-7-3-4-8(5-9(7)12)11-14-10(6-13-2)16-15-11/h3-5,13H,6H2,1-2H3. The van der Waals surface area contributed by atoms with Gasteiger partial charge in [0, 0.05) is 5.56 Å². The molecule has 0 radical (unpaired) electrons. The van der Waals surface area contributed by atoms with Crippen molar-refractivity contribution in [1.82, 2.24) is 15.5 Å². The molecule has 0 bridgehead atoms. The highest BCUT2D eigenvalue weighted by Gasteiger charge is 2.09. The Kier molecular flexibility index (Phi) is 2.96. The average Bonchev–Trinajstić information content (AvgIpc) is 2.71. The molecule has 1 aromatic carbocycles. The molecule has 84 valence electrons. The summed E-state index contributed by atoms with van der Waals surface area (Å²) in [5.74, 6) is 0.625. The second kappa shape index (κ2) is 4.40. The number of hydrogen-bond donors (Lipinski definition) is 1. The lowest BCUT2D eigenvalue weighted by atomic mass is 10.1. The van der Waals surface area contributed by atoms with E-state index in [9.17, 15) is 4.39 Å². The molecule has 0 aliphatic rings. The van der Waals surface area contributed by atoms with Crippen LogP contribution in [0.1, 0.15) is 11.5 Å². The van der Waals surface area contributed by atoms with Gasteiger partial charge in [0.25, 0.3) is 0 Å². The van der Waals surface area contributed by atoms with Gasteiger partial charge in [0.2, 0.25) is 11.7 Å². The molecular weight excluding hydrogens is 209 g/mol. The molecule has 1 heterocycles. The summed E-state index contributed by atoms with van der Waals surface area (Å²) in [6.45, 7) is 2.21. The Bertz CT molecular complexity index is 496. The van der Waals surface area contributed by atoms with Gasteiger partial charge in [-0.25, -0.2) is 4.39 Å². The molecule has 5 heteroatoms. The summed E-state index contributed by atoms with van der Waals surface area (Å²) in [5, 5.41) is 6.68. The highest BCUT2D eigenvalue weighted by Crippen LogP contribution is 2.18. The van der Waals surface area contributed by atoms with E-state index in [0.29, 0.717) is 29.4 Å². The summed E-state index contributed by atoms with van der Waals surface area (Å²) in [4.78, 5) is 4.13. The number of nitrogens with one attached hydrogen (secondary N) is 1. The Balaban J connectivity index is 2.31. The molecule has 0 aliphatic heterocycles. The lowest BCUT2D eigenvalue weighted by Crippen LogP contribution is -2.04. The quantitative estimate of drug-likeness (QED) is 0.860. The molecule has 1 N–H and O–H groups in total. The lowest BCUT2D eigenvalue weighted by Gasteiger charge is -1.97. The summed E-state index contributed by atoms with van der Waals surface area (Å²) < 4.78 is 18.3. The fraction of sp³-hybridized carbons (Fsp3) is 0.273. The third-order valence-corrected chi connectivity index (χ3v) is 2.23. The summed E-state index contributed by atoms with van der Waals surface area (Å²) in [5.41, 5.74) is 1.22. The van der Waals surface area contributed by atoms with Gasteiger partial charge in [-0.05, 0) is 25.6 Å². The largest absolute Gasteiger partial charge is 0.338 e. The summed E-state index contributed by atoms with van der Waals surface area (Å²) in [7, 11) is 1.79. The molecule has 0 saturated heterocycles. The zero-order valence-corrected chi connectivity index (χ0v) is 9.12. The van der Waals surface area contributed by atoms with Crippen LogP contribution in [-0.4, -0.2) is 17.2 Å². The average molecular weight is 221 g/mol. The molecule has 2 aromatic rings. The molecule has 16 heavy (non-hydrogen) atoms. The predicted molar refractivity (Wildman–Crippen MR) is 57.2 cm³/mol. The number of aromatic nitrogens is 2. The van der Waals surface area contributed by atoms with E-state index >= 15 is 0 Å². The van der Waals surface area contributed by atoms with E-state index in [4.69, 9.17) is 4.52 Å². The van der Waals surface area contributed by atoms with E-state index in [1.165, 1.54) is 6.07 Å². The van der Waals surface area contributed by atoms with E-state index in [0.717, 1.165) is 0 Å². The van der Waals surface area contributed by atoms with Crippen molar-refractivity contribution in [2.75, 3.05) is 7.05 Å². The molecule has 0 fully saturated rings. The SMILES string of the molecule is CNCc1nc(-c2ccc(C)c(F)c2)no1. The minimum absolute atomic E-state index is 0.266. The van der Waals surface area contributed by atoms with E-state index in [-0.39, 0.29) is 5.82 Å². The number of rotatable bonds is 3. The maximum atomic E-state index is 13.3. The van der Waals surface area contributed by atoms with Crippen LogP contribution in [0.2, 0.25) is 0 Å². The summed E-state index contributed by atoms with van der Waals surface area (Å²) >= 11 is 0. The first kappa shape index (κ1) is 10.8. The van der Waals surface area contributed by atoms with E-state index in [1.807, 2.05) is 0 Å². The highest BCUT2D eigenvalue weighted by atomic mass is 19.1. The number of nitrogens with zero attached hydrogens (tertiary/aromatic N) is 2. The van der Waals surface area contributed by atoms with Crippen LogP contribution < -0.4 is 5.32 Å². The number of aryl methyl sites for hydroxylation is 1. The Morgan fingerprint density at radius 1 is 1.44 bits per heavy atom. The lowest BCUT2D eigenvalue weighted by molar-refractivity contribution is 0.372. The van der Waals surface area contributed by atoms with Crippen LogP contribution in [0.15, 0.2) is 22.7 Å². The molecular formula is C11H12FN3O. The zero-order chi connectivity index (χ0) is 11.5. The predicted octanol–water partition coefficient (Wildman–Crippen LogP) is 1.90. The second-order valence-electron chi connectivity index (χ2n) is 3.51. The Morgan fingerprint density at radius 2 is 2.25 bits per heavy atom. The van der Waals surface area contributed by atoms with Crippen LogP contribution in [-0.2, 0) is 6.54 Å². The summed E-state index contributed by atoms with van der Waals surface area (Å²) in [6, 6.07) is 4.87. The van der Waals surface area contributed by atoms with Crippen molar-refractivity contribution in [2.45, 2.75) is 13.5 Å². The van der Waals surface area contributed by atoms with Crippen LogP contribution in [0.25, 0.3) is 11.4 Å². The normalized spacial score (nSPS) is 10.7. The maximum Gasteiger partial charge on any atom is 0.240 e. The van der Waals surface area contributed by atoms with Gasteiger partial charge in [-0.15, -0.1) is 0 Å². The molecule has 2 rings (SSSR count). The molecule has 4 nitrogen and oxygen atoms in total. The van der Waals surface area contributed by atoms with Gasteiger partial charge in [-0.3, -0.25) is 0 Å². The van der Waals surface area contributed by atoms with Crippen LogP contribution in [0, 0.1) is 12.7 Å². The minimum atomic E-state index is -0.266. The van der Waals surface area contributed by atoms with Crippen LogP contribution in [0.4, 0.5) is 4.39 Å². The van der Waals surface area contributed by atoms with Crippen molar-refractivity contribution in [3.05, 3.63) is 35.5 Å².